The van der Waals surface area contributed by atoms with Crippen LogP contribution in [0.15, 0.2) is 48.5 Å². The number of likely N-dealkylation sites (tertiary alicyclic amines) is 1. The minimum absolute atomic E-state index is 0.230. The van der Waals surface area contributed by atoms with Gasteiger partial charge in [-0.2, -0.15) is 13.2 Å². The van der Waals surface area contributed by atoms with Crippen LogP contribution in [-0.2, 0) is 11.6 Å². The van der Waals surface area contributed by atoms with Crippen molar-refractivity contribution in [3.63, 3.8) is 0 Å². The second-order valence-corrected chi connectivity index (χ2v) is 8.80. The normalized spacial score (nSPS) is 21.7. The van der Waals surface area contributed by atoms with Gasteiger partial charge in [-0.15, -0.1) is 0 Å². The number of ether oxygens (including phenoxy) is 1. The Morgan fingerprint density at radius 1 is 1.03 bits per heavy atom. The molecule has 29 heavy (non-hydrogen) atoms. The van der Waals surface area contributed by atoms with E-state index >= 15 is 0 Å². The van der Waals surface area contributed by atoms with Gasteiger partial charge in [-0.3, -0.25) is 0 Å². The lowest BCUT2D eigenvalue weighted by Crippen LogP contribution is -2.45. The molecule has 0 aromatic heterocycles. The van der Waals surface area contributed by atoms with E-state index in [1.807, 2.05) is 12.1 Å². The SMILES string of the molecule is FC(F)(F)c1ccc(OC[C@H]2CCN(CC3(c4ccc(Cl)cc4)CCC3)C2)cc1. The summed E-state index contributed by atoms with van der Waals surface area (Å²) >= 11 is 6.05. The first kappa shape index (κ1) is 20.5. The van der Waals surface area contributed by atoms with Crippen molar-refractivity contribution in [3.05, 3.63) is 64.7 Å². The summed E-state index contributed by atoms with van der Waals surface area (Å²) in [6.45, 7) is 3.59. The summed E-state index contributed by atoms with van der Waals surface area (Å²) in [5, 5.41) is 0.768. The van der Waals surface area contributed by atoms with Gasteiger partial charge in [-0.1, -0.05) is 30.2 Å². The van der Waals surface area contributed by atoms with Gasteiger partial charge in [0.2, 0.25) is 0 Å². The fourth-order valence-electron chi connectivity index (χ4n) is 4.52. The Labute approximate surface area is 174 Å². The highest BCUT2D eigenvalue weighted by Crippen LogP contribution is 2.45. The molecule has 0 amide bonds. The fourth-order valence-corrected chi connectivity index (χ4v) is 4.65. The van der Waals surface area contributed by atoms with Crippen LogP contribution in [0.5, 0.6) is 5.75 Å². The van der Waals surface area contributed by atoms with Crippen molar-refractivity contribution in [2.75, 3.05) is 26.2 Å². The molecule has 2 aromatic rings. The maximum atomic E-state index is 12.7. The minimum Gasteiger partial charge on any atom is -0.493 e. The van der Waals surface area contributed by atoms with Crippen LogP contribution < -0.4 is 4.74 Å². The summed E-state index contributed by atoms with van der Waals surface area (Å²) in [4.78, 5) is 2.51. The van der Waals surface area contributed by atoms with Gasteiger partial charge in [0.1, 0.15) is 5.75 Å². The van der Waals surface area contributed by atoms with E-state index in [2.05, 4.69) is 17.0 Å². The molecule has 2 aliphatic rings. The molecule has 1 aliphatic carbocycles. The molecule has 2 aromatic carbocycles. The van der Waals surface area contributed by atoms with Crippen molar-refractivity contribution in [2.24, 2.45) is 5.92 Å². The van der Waals surface area contributed by atoms with Crippen LogP contribution in [0.2, 0.25) is 5.02 Å². The largest absolute Gasteiger partial charge is 0.493 e. The Morgan fingerprint density at radius 3 is 2.31 bits per heavy atom. The zero-order valence-corrected chi connectivity index (χ0v) is 17.0. The van der Waals surface area contributed by atoms with Crippen LogP contribution >= 0.6 is 11.6 Å². The van der Waals surface area contributed by atoms with E-state index < -0.39 is 11.7 Å². The molecule has 1 saturated carbocycles. The van der Waals surface area contributed by atoms with E-state index in [0.29, 0.717) is 18.3 Å². The van der Waals surface area contributed by atoms with Gasteiger partial charge in [-0.05, 0) is 67.8 Å². The monoisotopic (exact) mass is 423 g/mol. The Kier molecular flexibility index (Phi) is 5.80. The fraction of sp³-hybridized carbons (Fsp3) is 0.478. The standard InChI is InChI=1S/C23H25ClF3NO/c24-20-6-2-18(3-7-20)22(11-1-12-22)16-28-13-10-17(14-28)15-29-21-8-4-19(5-9-21)23(25,26)27/h2-9,17H,1,10-16H2/t17-/m0/s1. The highest BCUT2D eigenvalue weighted by atomic mass is 35.5. The first-order chi connectivity index (χ1) is 13.8. The first-order valence-electron chi connectivity index (χ1n) is 10.1. The average molecular weight is 424 g/mol. The van der Waals surface area contributed by atoms with Crippen LogP contribution in [0.4, 0.5) is 13.2 Å². The van der Waals surface area contributed by atoms with Crippen LogP contribution in [-0.4, -0.2) is 31.1 Å². The first-order valence-corrected chi connectivity index (χ1v) is 10.5. The van der Waals surface area contributed by atoms with Gasteiger partial charge < -0.3 is 9.64 Å². The summed E-state index contributed by atoms with van der Waals surface area (Å²) in [6, 6.07) is 13.2. The molecule has 0 N–H and O–H groups in total. The molecule has 1 atom stereocenters. The second-order valence-electron chi connectivity index (χ2n) is 8.36. The molecular weight excluding hydrogens is 399 g/mol. The van der Waals surface area contributed by atoms with Crippen LogP contribution in [0, 0.1) is 5.92 Å². The Bertz CT molecular complexity index is 816. The van der Waals surface area contributed by atoms with Gasteiger partial charge >= 0.3 is 6.18 Å². The van der Waals surface area contributed by atoms with Gasteiger partial charge in [-0.25, -0.2) is 0 Å². The molecule has 0 spiro atoms. The molecular formula is C23H25ClF3NO. The van der Waals surface area contributed by atoms with Gasteiger partial charge in [0.15, 0.2) is 0 Å². The maximum Gasteiger partial charge on any atom is 0.416 e. The van der Waals surface area contributed by atoms with Crippen molar-refractivity contribution < 1.29 is 17.9 Å². The maximum absolute atomic E-state index is 12.7. The topological polar surface area (TPSA) is 12.5 Å². The van der Waals surface area contributed by atoms with Crippen molar-refractivity contribution in [1.29, 1.82) is 0 Å². The van der Waals surface area contributed by atoms with Crippen LogP contribution in [0.25, 0.3) is 0 Å². The van der Waals surface area contributed by atoms with Crippen LogP contribution in [0.3, 0.4) is 0 Å². The highest BCUT2D eigenvalue weighted by molar-refractivity contribution is 6.30. The molecule has 4 rings (SSSR count). The molecule has 156 valence electrons. The summed E-state index contributed by atoms with van der Waals surface area (Å²) in [6.07, 6.45) is 0.413. The number of nitrogens with zero attached hydrogens (tertiary/aromatic N) is 1. The molecule has 1 heterocycles. The molecule has 2 fully saturated rings. The molecule has 0 unspecified atom stereocenters. The van der Waals surface area contributed by atoms with Crippen LogP contribution in [0.1, 0.15) is 36.8 Å². The Balaban J connectivity index is 1.29. The number of halogens is 4. The summed E-state index contributed by atoms with van der Waals surface area (Å²) in [5.74, 6) is 0.896. The predicted octanol–water partition coefficient (Wildman–Crippen LogP) is 6.18. The summed E-state index contributed by atoms with van der Waals surface area (Å²) < 4.78 is 43.7. The van der Waals surface area contributed by atoms with Gasteiger partial charge in [0, 0.05) is 29.4 Å². The highest BCUT2D eigenvalue weighted by Gasteiger charge is 2.41. The summed E-state index contributed by atoms with van der Waals surface area (Å²) in [5.41, 5.74) is 0.954. The number of hydrogen-bond acceptors (Lipinski definition) is 2. The molecule has 0 radical (unpaired) electrons. The van der Waals surface area contributed by atoms with E-state index in [0.717, 1.165) is 43.2 Å². The van der Waals surface area contributed by atoms with Crippen molar-refractivity contribution >= 4 is 11.6 Å². The van der Waals surface area contributed by atoms with E-state index in [4.69, 9.17) is 16.3 Å². The van der Waals surface area contributed by atoms with E-state index in [9.17, 15) is 13.2 Å². The molecule has 1 saturated heterocycles. The Hall–Kier alpha value is -1.72. The third-order valence-electron chi connectivity index (χ3n) is 6.33. The lowest BCUT2D eigenvalue weighted by atomic mass is 9.64. The molecule has 1 aliphatic heterocycles. The van der Waals surface area contributed by atoms with E-state index in [1.165, 1.54) is 37.0 Å². The number of hydrogen-bond donors (Lipinski definition) is 0. The molecule has 6 heteroatoms. The van der Waals surface area contributed by atoms with Crippen molar-refractivity contribution in [3.8, 4) is 5.75 Å². The Morgan fingerprint density at radius 2 is 1.72 bits per heavy atom. The zero-order valence-electron chi connectivity index (χ0n) is 16.2. The van der Waals surface area contributed by atoms with Gasteiger partial charge in [0.25, 0.3) is 0 Å². The molecule has 2 nitrogen and oxygen atoms in total. The summed E-state index contributed by atoms with van der Waals surface area (Å²) in [7, 11) is 0. The second kappa shape index (κ2) is 8.19. The zero-order chi connectivity index (χ0) is 20.5. The third-order valence-corrected chi connectivity index (χ3v) is 6.58. The van der Waals surface area contributed by atoms with E-state index in [-0.39, 0.29) is 5.41 Å². The van der Waals surface area contributed by atoms with Gasteiger partial charge in [0.05, 0.1) is 12.2 Å². The quantitative estimate of drug-likeness (QED) is 0.550. The average Bonchev–Trinajstić information content (AvgIpc) is 3.11. The number of benzene rings is 2. The smallest absolute Gasteiger partial charge is 0.416 e. The lowest BCUT2D eigenvalue weighted by Gasteiger charge is -2.45. The number of alkyl halides is 3. The minimum atomic E-state index is -4.31. The lowest BCUT2D eigenvalue weighted by molar-refractivity contribution is -0.137. The predicted molar refractivity (Wildman–Crippen MR) is 108 cm³/mol. The third kappa shape index (κ3) is 4.72. The van der Waals surface area contributed by atoms with E-state index in [1.54, 1.807) is 0 Å². The van der Waals surface area contributed by atoms with Crippen molar-refractivity contribution in [1.82, 2.24) is 4.90 Å². The number of rotatable bonds is 6. The molecule has 0 bridgehead atoms. The van der Waals surface area contributed by atoms with Crippen molar-refractivity contribution in [2.45, 2.75) is 37.3 Å².